The first-order chi connectivity index (χ1) is 11.2. The molecule has 0 atom stereocenters. The molecule has 0 fully saturated rings. The highest BCUT2D eigenvalue weighted by Crippen LogP contribution is 2.19. The van der Waals surface area contributed by atoms with Crippen LogP contribution in [0.25, 0.3) is 0 Å². The average Bonchev–Trinajstić information content (AvgIpc) is 2.47. The fourth-order valence-corrected chi connectivity index (χ4v) is 2.56. The second-order valence-corrected chi connectivity index (χ2v) is 6.35. The lowest BCUT2D eigenvalue weighted by atomic mass is 10.2. The van der Waals surface area contributed by atoms with Gasteiger partial charge in [0.15, 0.2) is 0 Å². The molecule has 0 heterocycles. The maximum Gasteiger partial charge on any atom is 0.488 e. The highest BCUT2D eigenvalue weighted by atomic mass is 79.9. The van der Waals surface area contributed by atoms with Crippen LogP contribution in [0.15, 0.2) is 46.9 Å². The molecule has 0 saturated carbocycles. The number of nitrogens with one attached hydrogen (secondary N) is 2. The molecule has 2 aromatic carbocycles. The van der Waals surface area contributed by atoms with Crippen molar-refractivity contribution in [2.75, 3.05) is 5.32 Å². The minimum atomic E-state index is -5.09. The lowest BCUT2D eigenvalue weighted by molar-refractivity contribution is 0.251. The third-order valence-corrected chi connectivity index (χ3v) is 3.89. The number of halogens is 3. The summed E-state index contributed by atoms with van der Waals surface area (Å²) in [7, 11) is -5.09. The van der Waals surface area contributed by atoms with Crippen LogP contribution in [0.1, 0.15) is 5.56 Å². The van der Waals surface area contributed by atoms with Crippen molar-refractivity contribution < 1.29 is 25.7 Å². The van der Waals surface area contributed by atoms with Crippen LogP contribution in [0, 0.1) is 5.82 Å². The van der Waals surface area contributed by atoms with Crippen molar-refractivity contribution in [3.8, 4) is 5.75 Å². The van der Waals surface area contributed by atoms with Gasteiger partial charge in [-0.2, -0.15) is 8.42 Å². The molecule has 24 heavy (non-hydrogen) atoms. The van der Waals surface area contributed by atoms with Crippen LogP contribution in [0.5, 0.6) is 5.75 Å². The Labute approximate surface area is 145 Å². The fraction of sp³-hybridized carbons (Fsp3) is 0.0714. The number of benzene rings is 2. The Morgan fingerprint density at radius 1 is 1.17 bits per heavy atom. The van der Waals surface area contributed by atoms with Crippen LogP contribution in [0.2, 0.25) is 0 Å². The average molecular weight is 421 g/mol. The molecule has 0 spiro atoms. The van der Waals surface area contributed by atoms with E-state index in [-0.39, 0.29) is 12.3 Å². The lowest BCUT2D eigenvalue weighted by Gasteiger charge is -2.09. The first-order valence-corrected chi connectivity index (χ1v) is 8.56. The van der Waals surface area contributed by atoms with E-state index in [2.05, 4.69) is 30.7 Å². The van der Waals surface area contributed by atoms with E-state index in [4.69, 9.17) is 0 Å². The van der Waals surface area contributed by atoms with Crippen LogP contribution in [0.4, 0.5) is 18.8 Å². The Hall–Kier alpha value is -2.20. The number of hydrogen-bond acceptors (Lipinski definition) is 4. The number of amides is 2. The van der Waals surface area contributed by atoms with Crippen LogP contribution >= 0.6 is 15.9 Å². The zero-order chi connectivity index (χ0) is 17.7. The molecule has 2 N–H and O–H groups in total. The number of hydrogen-bond donors (Lipinski definition) is 2. The highest BCUT2D eigenvalue weighted by molar-refractivity contribution is 9.10. The second kappa shape index (κ2) is 7.58. The van der Waals surface area contributed by atoms with Gasteiger partial charge < -0.3 is 14.8 Å². The minimum Gasteiger partial charge on any atom is -0.358 e. The normalized spacial score (nSPS) is 11.0. The third kappa shape index (κ3) is 5.78. The zero-order valence-electron chi connectivity index (χ0n) is 11.9. The van der Waals surface area contributed by atoms with E-state index in [0.29, 0.717) is 15.7 Å². The SMILES string of the molecule is O=C(NCc1ccc(F)cc1Br)Nc1ccc(OS(=O)(=O)F)cc1. The van der Waals surface area contributed by atoms with Crippen LogP contribution in [-0.4, -0.2) is 14.4 Å². The Morgan fingerprint density at radius 2 is 1.83 bits per heavy atom. The van der Waals surface area contributed by atoms with Gasteiger partial charge in [-0.05, 0) is 42.0 Å². The maximum absolute atomic E-state index is 13.0. The van der Waals surface area contributed by atoms with Gasteiger partial charge in [0.2, 0.25) is 0 Å². The van der Waals surface area contributed by atoms with Gasteiger partial charge in [0.05, 0.1) is 0 Å². The van der Waals surface area contributed by atoms with Gasteiger partial charge >= 0.3 is 16.5 Å². The predicted molar refractivity (Wildman–Crippen MR) is 87.1 cm³/mol. The van der Waals surface area contributed by atoms with Crippen molar-refractivity contribution >= 4 is 38.2 Å². The first kappa shape index (κ1) is 18.1. The summed E-state index contributed by atoms with van der Waals surface area (Å²) < 4.78 is 50.5. The molecule has 6 nitrogen and oxygen atoms in total. The van der Waals surface area contributed by atoms with Gasteiger partial charge in [-0.15, -0.1) is 0 Å². The molecule has 0 unspecified atom stereocenters. The summed E-state index contributed by atoms with van der Waals surface area (Å²) in [6, 6.07) is 8.61. The van der Waals surface area contributed by atoms with Crippen molar-refractivity contribution in [1.82, 2.24) is 5.32 Å². The van der Waals surface area contributed by atoms with Crippen molar-refractivity contribution in [2.45, 2.75) is 6.54 Å². The van der Waals surface area contributed by atoms with Crippen molar-refractivity contribution in [3.63, 3.8) is 0 Å². The molecule has 0 aliphatic carbocycles. The molecular weight excluding hydrogens is 410 g/mol. The van der Waals surface area contributed by atoms with Gasteiger partial charge in [0, 0.05) is 16.7 Å². The molecule has 0 aliphatic heterocycles. The Morgan fingerprint density at radius 3 is 2.42 bits per heavy atom. The van der Waals surface area contributed by atoms with Gasteiger partial charge in [0.25, 0.3) is 0 Å². The molecule has 0 radical (unpaired) electrons. The molecule has 128 valence electrons. The number of urea groups is 1. The Kier molecular flexibility index (Phi) is 5.73. The van der Waals surface area contributed by atoms with Crippen LogP contribution in [-0.2, 0) is 17.0 Å². The summed E-state index contributed by atoms with van der Waals surface area (Å²) >= 11 is 3.19. The molecular formula is C14H11BrF2N2O4S. The number of carbonyl (C=O) groups is 1. The van der Waals surface area contributed by atoms with Gasteiger partial charge in [-0.1, -0.05) is 25.9 Å². The van der Waals surface area contributed by atoms with Gasteiger partial charge in [0.1, 0.15) is 11.6 Å². The van der Waals surface area contributed by atoms with E-state index in [1.807, 2.05) is 0 Å². The van der Waals surface area contributed by atoms with E-state index in [1.165, 1.54) is 42.5 Å². The summed E-state index contributed by atoms with van der Waals surface area (Å²) in [5.41, 5.74) is 1.03. The largest absolute Gasteiger partial charge is 0.488 e. The number of rotatable bonds is 5. The summed E-state index contributed by atoms with van der Waals surface area (Å²) in [6.07, 6.45) is 0. The standard InChI is InChI=1S/C14H11BrF2N2O4S/c15-13-7-10(16)2-1-9(13)8-18-14(20)19-11-3-5-12(6-4-11)23-24(17,21)22/h1-7H,8H2,(H2,18,19,20). The van der Waals surface area contributed by atoms with E-state index < -0.39 is 22.4 Å². The smallest absolute Gasteiger partial charge is 0.358 e. The van der Waals surface area contributed by atoms with Crippen molar-refractivity contribution in [3.05, 3.63) is 58.3 Å². The first-order valence-electron chi connectivity index (χ1n) is 6.46. The van der Waals surface area contributed by atoms with E-state index >= 15 is 0 Å². The molecule has 2 amide bonds. The van der Waals surface area contributed by atoms with Crippen molar-refractivity contribution in [1.29, 1.82) is 0 Å². The second-order valence-electron chi connectivity index (χ2n) is 4.54. The van der Waals surface area contributed by atoms with E-state index in [0.717, 1.165) is 0 Å². The van der Waals surface area contributed by atoms with E-state index in [9.17, 15) is 21.5 Å². The summed E-state index contributed by atoms with van der Waals surface area (Å²) in [5.74, 6) is -0.619. The molecule has 0 aromatic heterocycles. The highest BCUT2D eigenvalue weighted by Gasteiger charge is 2.10. The van der Waals surface area contributed by atoms with Gasteiger partial charge in [-0.3, -0.25) is 0 Å². The summed E-state index contributed by atoms with van der Waals surface area (Å²) in [5, 5.41) is 5.07. The number of anilines is 1. The topological polar surface area (TPSA) is 84.5 Å². The van der Waals surface area contributed by atoms with E-state index in [1.54, 1.807) is 0 Å². The summed E-state index contributed by atoms with van der Waals surface area (Å²) in [4.78, 5) is 11.8. The molecule has 0 bridgehead atoms. The van der Waals surface area contributed by atoms with Gasteiger partial charge in [-0.25, -0.2) is 9.18 Å². The fourth-order valence-electron chi connectivity index (χ4n) is 1.72. The maximum atomic E-state index is 13.0. The zero-order valence-corrected chi connectivity index (χ0v) is 14.3. The number of carbonyl (C=O) groups excluding carboxylic acids is 1. The Bertz CT molecular complexity index is 844. The van der Waals surface area contributed by atoms with Crippen LogP contribution in [0.3, 0.4) is 0 Å². The van der Waals surface area contributed by atoms with Crippen LogP contribution < -0.4 is 14.8 Å². The predicted octanol–water partition coefficient (Wildman–Crippen LogP) is 3.50. The third-order valence-electron chi connectivity index (χ3n) is 2.76. The summed E-state index contributed by atoms with van der Waals surface area (Å²) in [6.45, 7) is 0.161. The molecule has 2 aromatic rings. The molecule has 10 heteroatoms. The molecule has 0 aliphatic rings. The molecule has 0 saturated heterocycles. The van der Waals surface area contributed by atoms with Crippen molar-refractivity contribution in [2.24, 2.45) is 0 Å². The monoisotopic (exact) mass is 420 g/mol. The minimum absolute atomic E-state index is 0.161. The lowest BCUT2D eigenvalue weighted by Crippen LogP contribution is -2.28. The molecule has 2 rings (SSSR count). The Balaban J connectivity index is 1.90. The quantitative estimate of drug-likeness (QED) is 0.724.